The van der Waals surface area contributed by atoms with Gasteiger partial charge in [0.1, 0.15) is 18.2 Å². The minimum Gasteiger partial charge on any atom is -0.492 e. The van der Waals surface area contributed by atoms with Crippen LogP contribution in [0.3, 0.4) is 0 Å². The molecular weight excluding hydrogens is 324 g/mol. The van der Waals surface area contributed by atoms with Crippen LogP contribution in [-0.4, -0.2) is 50.2 Å². The Balaban J connectivity index is 1.52. The van der Waals surface area contributed by atoms with Crippen molar-refractivity contribution in [2.24, 2.45) is 0 Å². The molecule has 0 radical (unpaired) electrons. The quantitative estimate of drug-likeness (QED) is 0.576. The highest BCUT2D eigenvalue weighted by atomic mass is 16.5. The molecule has 26 heavy (non-hydrogen) atoms. The summed E-state index contributed by atoms with van der Waals surface area (Å²) < 4.78 is 5.68. The molecule has 3 aromatic rings. The highest BCUT2D eigenvalue weighted by Crippen LogP contribution is 2.19. The molecule has 0 fully saturated rings. The Bertz CT molecular complexity index is 821. The Labute approximate surface area is 155 Å². The zero-order chi connectivity index (χ0) is 18.2. The molecule has 0 bridgehead atoms. The van der Waals surface area contributed by atoms with E-state index in [0.717, 1.165) is 41.2 Å². The molecule has 5 heteroatoms. The van der Waals surface area contributed by atoms with Gasteiger partial charge in [0.25, 0.3) is 0 Å². The summed E-state index contributed by atoms with van der Waals surface area (Å²) in [5.41, 5.74) is 2.11. The second kappa shape index (κ2) is 9.06. The minimum atomic E-state index is 0.596. The number of hydrogen-bond acceptors (Lipinski definition) is 5. The van der Waals surface area contributed by atoms with Crippen LogP contribution in [-0.2, 0) is 0 Å². The second-order valence-electron chi connectivity index (χ2n) is 6.42. The lowest BCUT2D eigenvalue weighted by molar-refractivity contribution is 0.333. The third-order valence-electron chi connectivity index (χ3n) is 4.00. The summed E-state index contributed by atoms with van der Waals surface area (Å²) in [5.74, 6) is 1.75. The van der Waals surface area contributed by atoms with Gasteiger partial charge in [-0.25, -0.2) is 4.98 Å². The maximum atomic E-state index is 5.68. The number of nitrogens with zero attached hydrogens (tertiary/aromatic N) is 2. The number of para-hydroxylation sites is 1. The standard InChI is InChI=1S/C21H26N4O/c1-25(2)14-12-22-18-9-10-20-17(16-18)8-11-21(24-20)23-13-15-26-19-6-4-3-5-7-19/h3-11,16,22H,12-15H2,1-2H3,(H,23,24). The first-order valence-corrected chi connectivity index (χ1v) is 8.92. The first-order chi connectivity index (χ1) is 12.7. The molecule has 1 heterocycles. The van der Waals surface area contributed by atoms with Crippen LogP contribution in [0, 0.1) is 0 Å². The first-order valence-electron chi connectivity index (χ1n) is 8.92. The smallest absolute Gasteiger partial charge is 0.126 e. The van der Waals surface area contributed by atoms with E-state index in [-0.39, 0.29) is 0 Å². The maximum Gasteiger partial charge on any atom is 0.126 e. The zero-order valence-corrected chi connectivity index (χ0v) is 15.4. The molecule has 2 aromatic carbocycles. The summed E-state index contributed by atoms with van der Waals surface area (Å²) >= 11 is 0. The lowest BCUT2D eigenvalue weighted by atomic mass is 10.2. The molecule has 0 aliphatic heterocycles. The number of anilines is 2. The summed E-state index contributed by atoms with van der Waals surface area (Å²) in [5, 5.41) is 7.88. The molecular formula is C21H26N4O. The number of pyridine rings is 1. The van der Waals surface area contributed by atoms with Gasteiger partial charge in [0.15, 0.2) is 0 Å². The van der Waals surface area contributed by atoms with Gasteiger partial charge in [-0.15, -0.1) is 0 Å². The van der Waals surface area contributed by atoms with Crippen LogP contribution in [0.25, 0.3) is 10.9 Å². The van der Waals surface area contributed by atoms with Gasteiger partial charge in [0, 0.05) is 24.2 Å². The summed E-state index contributed by atoms with van der Waals surface area (Å²) in [4.78, 5) is 6.83. The third-order valence-corrected chi connectivity index (χ3v) is 4.00. The molecule has 3 rings (SSSR count). The fourth-order valence-electron chi connectivity index (χ4n) is 2.62. The Hall–Kier alpha value is -2.79. The molecule has 0 amide bonds. The predicted molar refractivity (Wildman–Crippen MR) is 109 cm³/mol. The van der Waals surface area contributed by atoms with Crippen LogP contribution in [0.2, 0.25) is 0 Å². The molecule has 0 aliphatic carbocycles. The van der Waals surface area contributed by atoms with Gasteiger partial charge in [-0.1, -0.05) is 18.2 Å². The van der Waals surface area contributed by atoms with Crippen molar-refractivity contribution in [3.63, 3.8) is 0 Å². The summed E-state index contributed by atoms with van der Waals surface area (Å²) in [7, 11) is 4.15. The molecule has 0 aliphatic rings. The van der Waals surface area contributed by atoms with E-state index >= 15 is 0 Å². The molecule has 0 atom stereocenters. The van der Waals surface area contributed by atoms with Crippen molar-refractivity contribution in [2.45, 2.75) is 0 Å². The number of aromatic nitrogens is 1. The normalized spacial score (nSPS) is 10.9. The number of fused-ring (bicyclic) bond motifs is 1. The average molecular weight is 350 g/mol. The Morgan fingerprint density at radius 1 is 0.923 bits per heavy atom. The van der Waals surface area contributed by atoms with Gasteiger partial charge in [-0.3, -0.25) is 0 Å². The number of nitrogens with one attached hydrogen (secondary N) is 2. The first kappa shape index (κ1) is 18.0. The van der Waals surface area contributed by atoms with Crippen molar-refractivity contribution in [3.05, 3.63) is 60.7 Å². The predicted octanol–water partition coefficient (Wildman–Crippen LogP) is 3.70. The van der Waals surface area contributed by atoms with Crippen molar-refractivity contribution >= 4 is 22.4 Å². The Kier molecular flexibility index (Phi) is 6.28. The molecule has 5 nitrogen and oxygen atoms in total. The zero-order valence-electron chi connectivity index (χ0n) is 15.4. The van der Waals surface area contributed by atoms with Crippen molar-refractivity contribution in [3.8, 4) is 5.75 Å². The number of rotatable bonds is 9. The molecule has 2 N–H and O–H groups in total. The van der Waals surface area contributed by atoms with Crippen LogP contribution in [0.15, 0.2) is 60.7 Å². The van der Waals surface area contributed by atoms with E-state index in [1.165, 1.54) is 0 Å². The third kappa shape index (κ3) is 5.36. The van der Waals surface area contributed by atoms with Crippen molar-refractivity contribution in [1.82, 2.24) is 9.88 Å². The molecule has 0 saturated carbocycles. The SMILES string of the molecule is CN(C)CCNc1ccc2nc(NCCOc3ccccc3)ccc2c1. The van der Waals surface area contributed by atoms with Gasteiger partial charge >= 0.3 is 0 Å². The van der Waals surface area contributed by atoms with E-state index < -0.39 is 0 Å². The molecule has 0 saturated heterocycles. The van der Waals surface area contributed by atoms with Crippen LogP contribution >= 0.6 is 0 Å². The topological polar surface area (TPSA) is 49.4 Å². The van der Waals surface area contributed by atoms with E-state index in [0.29, 0.717) is 13.2 Å². The largest absolute Gasteiger partial charge is 0.492 e. The highest BCUT2D eigenvalue weighted by Gasteiger charge is 2.01. The monoisotopic (exact) mass is 350 g/mol. The molecule has 136 valence electrons. The van der Waals surface area contributed by atoms with Gasteiger partial charge in [-0.05, 0) is 56.6 Å². The lowest BCUT2D eigenvalue weighted by Crippen LogP contribution is -2.20. The Morgan fingerprint density at radius 3 is 2.58 bits per heavy atom. The number of likely N-dealkylation sites (N-methyl/N-ethyl adjacent to an activating group) is 1. The van der Waals surface area contributed by atoms with Gasteiger partial charge in [-0.2, -0.15) is 0 Å². The van der Waals surface area contributed by atoms with E-state index in [2.05, 4.69) is 58.9 Å². The van der Waals surface area contributed by atoms with Crippen molar-refractivity contribution in [1.29, 1.82) is 0 Å². The Morgan fingerprint density at radius 2 is 1.77 bits per heavy atom. The molecule has 1 aromatic heterocycles. The van der Waals surface area contributed by atoms with E-state index in [1.54, 1.807) is 0 Å². The summed E-state index contributed by atoms with van der Waals surface area (Å²) in [6.07, 6.45) is 0. The minimum absolute atomic E-state index is 0.596. The van der Waals surface area contributed by atoms with Crippen LogP contribution in [0.1, 0.15) is 0 Å². The lowest BCUT2D eigenvalue weighted by Gasteiger charge is -2.12. The van der Waals surface area contributed by atoms with E-state index in [4.69, 9.17) is 4.74 Å². The van der Waals surface area contributed by atoms with Gasteiger partial charge in [0.2, 0.25) is 0 Å². The highest BCUT2D eigenvalue weighted by molar-refractivity contribution is 5.83. The van der Waals surface area contributed by atoms with Crippen molar-refractivity contribution in [2.75, 3.05) is 51.0 Å². The molecule has 0 unspecified atom stereocenters. The number of ether oxygens (including phenoxy) is 1. The second-order valence-corrected chi connectivity index (χ2v) is 6.42. The van der Waals surface area contributed by atoms with E-state index in [9.17, 15) is 0 Å². The van der Waals surface area contributed by atoms with Gasteiger partial charge < -0.3 is 20.3 Å². The van der Waals surface area contributed by atoms with Crippen molar-refractivity contribution < 1.29 is 4.74 Å². The summed E-state index contributed by atoms with van der Waals surface area (Å²) in [6, 6.07) is 20.2. The van der Waals surface area contributed by atoms with Crippen LogP contribution in [0.5, 0.6) is 5.75 Å². The summed E-state index contributed by atoms with van der Waals surface area (Å²) in [6.45, 7) is 3.23. The van der Waals surface area contributed by atoms with Crippen LogP contribution in [0.4, 0.5) is 11.5 Å². The van der Waals surface area contributed by atoms with E-state index in [1.807, 2.05) is 36.4 Å². The van der Waals surface area contributed by atoms with Crippen LogP contribution < -0.4 is 15.4 Å². The fraction of sp³-hybridized carbons (Fsp3) is 0.286. The average Bonchev–Trinajstić information content (AvgIpc) is 2.66. The molecule has 0 spiro atoms. The fourth-order valence-corrected chi connectivity index (χ4v) is 2.62. The number of benzene rings is 2. The number of hydrogen-bond donors (Lipinski definition) is 2. The maximum absolute atomic E-state index is 5.68. The van der Waals surface area contributed by atoms with Gasteiger partial charge in [0.05, 0.1) is 12.1 Å².